The summed E-state index contributed by atoms with van der Waals surface area (Å²) in [7, 11) is 1.95. The molecule has 2 heterocycles. The van der Waals surface area contributed by atoms with Gasteiger partial charge in [0.1, 0.15) is 0 Å². The van der Waals surface area contributed by atoms with Crippen molar-refractivity contribution < 1.29 is 0 Å². The molecular formula is C11H14BrN3S. The molecule has 1 N–H and O–H groups in total. The van der Waals surface area contributed by atoms with E-state index < -0.39 is 0 Å². The van der Waals surface area contributed by atoms with E-state index in [0.717, 1.165) is 24.3 Å². The van der Waals surface area contributed by atoms with Crippen LogP contribution in [-0.2, 0) is 20.0 Å². The highest BCUT2D eigenvalue weighted by Crippen LogP contribution is 2.22. The molecule has 0 saturated carbocycles. The van der Waals surface area contributed by atoms with Gasteiger partial charge in [0.15, 0.2) is 0 Å². The molecule has 2 aromatic heterocycles. The molecule has 0 aliphatic rings. The van der Waals surface area contributed by atoms with Crippen molar-refractivity contribution in [2.24, 2.45) is 7.05 Å². The summed E-state index contributed by atoms with van der Waals surface area (Å²) < 4.78 is 3.02. The van der Waals surface area contributed by atoms with E-state index in [4.69, 9.17) is 0 Å². The van der Waals surface area contributed by atoms with Crippen molar-refractivity contribution in [2.45, 2.75) is 19.9 Å². The van der Waals surface area contributed by atoms with Crippen molar-refractivity contribution in [1.82, 2.24) is 9.78 Å². The summed E-state index contributed by atoms with van der Waals surface area (Å²) in [5.41, 5.74) is 3.55. The molecular weight excluding hydrogens is 286 g/mol. The SMILES string of the molecule is CCc1nn(C)cc1NCc1csc(Br)c1. The topological polar surface area (TPSA) is 29.9 Å². The van der Waals surface area contributed by atoms with Crippen LogP contribution in [0, 0.1) is 0 Å². The maximum atomic E-state index is 4.39. The standard InChI is InChI=1S/C11H14BrN3S/c1-3-9-10(6-15(2)14-9)13-5-8-4-11(12)16-7-8/h4,6-7,13H,3,5H2,1-2H3. The van der Waals surface area contributed by atoms with Crippen molar-refractivity contribution in [2.75, 3.05) is 5.32 Å². The third-order valence-electron chi connectivity index (χ3n) is 2.34. The van der Waals surface area contributed by atoms with Crippen LogP contribution in [0.3, 0.4) is 0 Å². The molecule has 0 spiro atoms. The lowest BCUT2D eigenvalue weighted by Crippen LogP contribution is -1.99. The zero-order chi connectivity index (χ0) is 11.5. The van der Waals surface area contributed by atoms with Gasteiger partial charge in [-0.15, -0.1) is 11.3 Å². The third-order valence-corrected chi connectivity index (χ3v) is 3.90. The molecule has 0 amide bonds. The van der Waals surface area contributed by atoms with Crippen molar-refractivity contribution in [3.05, 3.63) is 32.7 Å². The zero-order valence-electron chi connectivity index (χ0n) is 9.33. The lowest BCUT2D eigenvalue weighted by atomic mass is 10.3. The molecule has 0 saturated heterocycles. The predicted octanol–water partition coefficient (Wildman–Crippen LogP) is 3.42. The van der Waals surface area contributed by atoms with Gasteiger partial charge in [-0.3, -0.25) is 4.68 Å². The van der Waals surface area contributed by atoms with Gasteiger partial charge in [0.05, 0.1) is 15.2 Å². The maximum absolute atomic E-state index is 4.39. The highest BCUT2D eigenvalue weighted by atomic mass is 79.9. The molecule has 0 unspecified atom stereocenters. The lowest BCUT2D eigenvalue weighted by molar-refractivity contribution is 0.746. The quantitative estimate of drug-likeness (QED) is 0.937. The maximum Gasteiger partial charge on any atom is 0.0853 e. The van der Waals surface area contributed by atoms with Gasteiger partial charge in [0, 0.05) is 19.8 Å². The summed E-state index contributed by atoms with van der Waals surface area (Å²) >= 11 is 5.18. The highest BCUT2D eigenvalue weighted by Gasteiger charge is 2.05. The van der Waals surface area contributed by atoms with Crippen molar-refractivity contribution in [3.63, 3.8) is 0 Å². The lowest BCUT2D eigenvalue weighted by Gasteiger charge is -2.03. The normalized spacial score (nSPS) is 10.7. The Kier molecular flexibility index (Phi) is 3.66. The van der Waals surface area contributed by atoms with Crippen LogP contribution in [0.1, 0.15) is 18.2 Å². The molecule has 2 aromatic rings. The monoisotopic (exact) mass is 299 g/mol. The molecule has 16 heavy (non-hydrogen) atoms. The number of hydrogen-bond donors (Lipinski definition) is 1. The second-order valence-corrected chi connectivity index (χ2v) is 5.92. The average Bonchev–Trinajstić information content (AvgIpc) is 2.81. The number of nitrogens with zero attached hydrogens (tertiary/aromatic N) is 2. The minimum Gasteiger partial charge on any atom is -0.378 e. The number of aromatic nitrogens is 2. The first kappa shape index (κ1) is 11.7. The third kappa shape index (κ3) is 2.65. The summed E-state index contributed by atoms with van der Waals surface area (Å²) in [6, 6.07) is 2.14. The fourth-order valence-corrected chi connectivity index (χ4v) is 2.79. The van der Waals surface area contributed by atoms with Gasteiger partial charge in [0.25, 0.3) is 0 Å². The van der Waals surface area contributed by atoms with E-state index in [1.807, 2.05) is 17.9 Å². The predicted molar refractivity (Wildman–Crippen MR) is 71.9 cm³/mol. The number of aryl methyl sites for hydroxylation is 2. The summed E-state index contributed by atoms with van der Waals surface area (Å²) in [4.78, 5) is 0. The van der Waals surface area contributed by atoms with Gasteiger partial charge >= 0.3 is 0 Å². The largest absolute Gasteiger partial charge is 0.378 e. The first-order valence-corrected chi connectivity index (χ1v) is 6.85. The molecule has 2 rings (SSSR count). The Hall–Kier alpha value is -0.810. The Bertz CT molecular complexity index is 475. The molecule has 0 bridgehead atoms. The summed E-state index contributed by atoms with van der Waals surface area (Å²) in [6.07, 6.45) is 2.98. The van der Waals surface area contributed by atoms with Gasteiger partial charge in [-0.2, -0.15) is 5.10 Å². The Labute approximate surface area is 108 Å². The second kappa shape index (κ2) is 5.01. The van der Waals surface area contributed by atoms with Crippen molar-refractivity contribution >= 4 is 33.0 Å². The van der Waals surface area contributed by atoms with Crippen LogP contribution in [-0.4, -0.2) is 9.78 Å². The molecule has 0 aliphatic heterocycles. The molecule has 0 radical (unpaired) electrons. The van der Waals surface area contributed by atoms with Crippen molar-refractivity contribution in [3.8, 4) is 0 Å². The minimum atomic E-state index is 0.848. The first-order chi connectivity index (χ1) is 7.69. The molecule has 0 fully saturated rings. The number of thiophene rings is 1. The Balaban J connectivity index is 2.04. The number of hydrogen-bond acceptors (Lipinski definition) is 3. The van der Waals surface area contributed by atoms with Gasteiger partial charge in [-0.05, 0) is 39.4 Å². The number of anilines is 1. The summed E-state index contributed by atoms with van der Waals surface area (Å²) in [5.74, 6) is 0. The van der Waals surface area contributed by atoms with Gasteiger partial charge < -0.3 is 5.32 Å². The molecule has 5 heteroatoms. The van der Waals surface area contributed by atoms with Gasteiger partial charge in [-0.1, -0.05) is 6.92 Å². The molecule has 0 atom stereocenters. The fraction of sp³-hybridized carbons (Fsp3) is 0.364. The van der Waals surface area contributed by atoms with Gasteiger partial charge in [0.2, 0.25) is 0 Å². The molecule has 86 valence electrons. The average molecular weight is 300 g/mol. The van der Waals surface area contributed by atoms with E-state index in [1.54, 1.807) is 11.3 Å². The number of nitrogens with one attached hydrogen (secondary N) is 1. The van der Waals surface area contributed by atoms with Crippen LogP contribution in [0.2, 0.25) is 0 Å². The molecule has 0 aliphatic carbocycles. The van der Waals surface area contributed by atoms with E-state index in [9.17, 15) is 0 Å². The summed E-state index contributed by atoms with van der Waals surface area (Å²) in [5, 5.41) is 9.96. The Morgan fingerprint density at radius 2 is 2.38 bits per heavy atom. The minimum absolute atomic E-state index is 0.848. The van der Waals surface area contributed by atoms with Crippen LogP contribution >= 0.6 is 27.3 Å². The summed E-state index contributed by atoms with van der Waals surface area (Å²) in [6.45, 7) is 2.97. The van der Waals surface area contributed by atoms with Crippen molar-refractivity contribution in [1.29, 1.82) is 0 Å². The Morgan fingerprint density at radius 3 is 3.00 bits per heavy atom. The van der Waals surface area contributed by atoms with Crippen LogP contribution in [0.15, 0.2) is 21.4 Å². The second-order valence-electron chi connectivity index (χ2n) is 3.63. The van der Waals surface area contributed by atoms with Crippen LogP contribution in [0.5, 0.6) is 0 Å². The van der Waals surface area contributed by atoms with E-state index >= 15 is 0 Å². The van der Waals surface area contributed by atoms with E-state index in [0.29, 0.717) is 0 Å². The number of rotatable bonds is 4. The first-order valence-electron chi connectivity index (χ1n) is 5.18. The van der Waals surface area contributed by atoms with Crippen LogP contribution < -0.4 is 5.32 Å². The van der Waals surface area contributed by atoms with Crippen LogP contribution in [0.4, 0.5) is 5.69 Å². The zero-order valence-corrected chi connectivity index (χ0v) is 11.7. The molecule has 0 aromatic carbocycles. The molecule has 3 nitrogen and oxygen atoms in total. The fourth-order valence-electron chi connectivity index (χ4n) is 1.58. The van der Waals surface area contributed by atoms with E-state index in [1.165, 1.54) is 9.35 Å². The smallest absolute Gasteiger partial charge is 0.0853 e. The van der Waals surface area contributed by atoms with Crippen LogP contribution in [0.25, 0.3) is 0 Å². The van der Waals surface area contributed by atoms with E-state index in [2.05, 4.69) is 44.7 Å². The Morgan fingerprint density at radius 1 is 1.56 bits per heavy atom. The van der Waals surface area contributed by atoms with E-state index in [-0.39, 0.29) is 0 Å². The van der Waals surface area contributed by atoms with Gasteiger partial charge in [-0.25, -0.2) is 0 Å². The highest BCUT2D eigenvalue weighted by molar-refractivity contribution is 9.11. The number of halogens is 1.